The van der Waals surface area contributed by atoms with Gasteiger partial charge in [-0.3, -0.25) is 11.3 Å². The summed E-state index contributed by atoms with van der Waals surface area (Å²) in [5.41, 5.74) is 3.52. The number of nitrogens with one attached hydrogen (secondary N) is 1. The van der Waals surface area contributed by atoms with Gasteiger partial charge < -0.3 is 0 Å². The summed E-state index contributed by atoms with van der Waals surface area (Å²) < 4.78 is 0. The predicted octanol–water partition coefficient (Wildman–Crippen LogP) is 0.0258. The monoisotopic (exact) mass is 86.1 g/mol. The van der Waals surface area contributed by atoms with Gasteiger partial charge in [-0.25, -0.2) is 0 Å². The Morgan fingerprint density at radius 3 is 2.50 bits per heavy atom. The summed E-state index contributed by atoms with van der Waals surface area (Å²) in [5, 5.41) is 0. The Morgan fingerprint density at radius 1 is 2.00 bits per heavy atom. The van der Waals surface area contributed by atoms with Crippen molar-refractivity contribution in [3.63, 3.8) is 0 Å². The average molecular weight is 86.1 g/mol. The van der Waals surface area contributed by atoms with Crippen LogP contribution in [-0.2, 0) is 0 Å². The van der Waals surface area contributed by atoms with Crippen molar-refractivity contribution in [2.75, 3.05) is 6.54 Å². The van der Waals surface area contributed by atoms with E-state index in [9.17, 15) is 0 Å². The summed E-state index contributed by atoms with van der Waals surface area (Å²) in [7, 11) is 0. The normalized spacial score (nSPS) is 8.33. The second-order valence-corrected chi connectivity index (χ2v) is 1.34. The zero-order valence-corrected chi connectivity index (χ0v) is 3.99. The van der Waals surface area contributed by atoms with E-state index in [2.05, 4.69) is 12.0 Å². The number of hydrogen-bond acceptors (Lipinski definition) is 2. The fourth-order valence-electron chi connectivity index (χ4n) is 0.174. The lowest BCUT2D eigenvalue weighted by Gasteiger charge is -1.91. The highest BCUT2D eigenvalue weighted by Gasteiger charge is 1.74. The summed E-state index contributed by atoms with van der Waals surface area (Å²) in [6, 6.07) is 0. The first-order chi connectivity index (χ1) is 2.77. The molecule has 0 radical (unpaired) electrons. The minimum absolute atomic E-state index is 0.708. The molecule has 0 amide bonds. The molecule has 0 aliphatic carbocycles. The van der Waals surface area contributed by atoms with Gasteiger partial charge in [-0.2, -0.15) is 0 Å². The maximum absolute atomic E-state index is 4.92. The molecule has 2 heteroatoms. The molecule has 0 aromatic rings. The van der Waals surface area contributed by atoms with Crippen LogP contribution in [-0.4, -0.2) is 6.54 Å². The van der Waals surface area contributed by atoms with E-state index in [0.717, 1.165) is 5.57 Å². The molecule has 0 saturated heterocycles. The number of hydrogen-bond donors (Lipinski definition) is 2. The minimum atomic E-state index is 0.708. The van der Waals surface area contributed by atoms with Gasteiger partial charge >= 0.3 is 0 Å². The van der Waals surface area contributed by atoms with E-state index in [0.29, 0.717) is 6.54 Å². The second kappa shape index (κ2) is 2.87. The molecule has 3 N–H and O–H groups in total. The van der Waals surface area contributed by atoms with Crippen molar-refractivity contribution < 1.29 is 0 Å². The molecular formula is C4H10N2. The summed E-state index contributed by atoms with van der Waals surface area (Å²) in [4.78, 5) is 0. The van der Waals surface area contributed by atoms with E-state index in [-0.39, 0.29) is 0 Å². The number of hydrazine groups is 1. The van der Waals surface area contributed by atoms with Crippen LogP contribution in [0.4, 0.5) is 0 Å². The van der Waals surface area contributed by atoms with E-state index in [1.165, 1.54) is 0 Å². The van der Waals surface area contributed by atoms with Gasteiger partial charge in [0, 0.05) is 6.54 Å². The highest BCUT2D eigenvalue weighted by molar-refractivity contribution is 4.89. The first kappa shape index (κ1) is 5.66. The zero-order valence-electron chi connectivity index (χ0n) is 3.99. The van der Waals surface area contributed by atoms with Crippen molar-refractivity contribution in [1.82, 2.24) is 5.43 Å². The lowest BCUT2D eigenvalue weighted by molar-refractivity contribution is 0.798. The maximum Gasteiger partial charge on any atom is 0.0302 e. The molecule has 0 heterocycles. The number of rotatable bonds is 2. The molecule has 36 valence electrons. The molecule has 2 nitrogen and oxygen atoms in total. The third kappa shape index (κ3) is 3.66. The Hall–Kier alpha value is -0.340. The summed E-state index contributed by atoms with van der Waals surface area (Å²) in [6.07, 6.45) is 0. The van der Waals surface area contributed by atoms with Gasteiger partial charge in [0.05, 0.1) is 0 Å². The quantitative estimate of drug-likeness (QED) is 0.282. The van der Waals surface area contributed by atoms with Gasteiger partial charge in [-0.05, 0) is 6.92 Å². The molecule has 0 aliphatic heterocycles. The van der Waals surface area contributed by atoms with E-state index in [4.69, 9.17) is 5.84 Å². The molecule has 0 aliphatic rings. The first-order valence-corrected chi connectivity index (χ1v) is 1.85. The molecule has 0 unspecified atom stereocenters. The SMILES string of the molecule is C=C(C)CNN. The molecule has 0 spiro atoms. The molecule has 6 heavy (non-hydrogen) atoms. The standard InChI is InChI=1S/C4H10N2/c1-4(2)3-6-5/h6H,1,3,5H2,2H3. The van der Waals surface area contributed by atoms with Crippen molar-refractivity contribution >= 4 is 0 Å². The topological polar surface area (TPSA) is 38.0 Å². The smallest absolute Gasteiger partial charge is 0.0302 e. The maximum atomic E-state index is 4.92. The van der Waals surface area contributed by atoms with Crippen molar-refractivity contribution in [3.05, 3.63) is 12.2 Å². The fraction of sp³-hybridized carbons (Fsp3) is 0.500. The van der Waals surface area contributed by atoms with E-state index < -0.39 is 0 Å². The molecular weight excluding hydrogens is 76.1 g/mol. The van der Waals surface area contributed by atoms with Crippen LogP contribution in [0, 0.1) is 0 Å². The van der Waals surface area contributed by atoms with Crippen molar-refractivity contribution in [1.29, 1.82) is 0 Å². The van der Waals surface area contributed by atoms with E-state index in [1.807, 2.05) is 6.92 Å². The van der Waals surface area contributed by atoms with E-state index >= 15 is 0 Å². The largest absolute Gasteiger partial charge is 0.271 e. The molecule has 0 fully saturated rings. The zero-order chi connectivity index (χ0) is 4.99. The predicted molar refractivity (Wildman–Crippen MR) is 27.0 cm³/mol. The fourth-order valence-corrected chi connectivity index (χ4v) is 0.174. The van der Waals surface area contributed by atoms with Gasteiger partial charge in [-0.1, -0.05) is 12.2 Å². The lowest BCUT2D eigenvalue weighted by Crippen LogP contribution is -2.23. The third-order valence-electron chi connectivity index (χ3n) is 0.404. The Morgan fingerprint density at radius 2 is 2.50 bits per heavy atom. The molecule has 0 saturated carbocycles. The minimum Gasteiger partial charge on any atom is -0.271 e. The van der Waals surface area contributed by atoms with Gasteiger partial charge in [0.2, 0.25) is 0 Å². The highest BCUT2D eigenvalue weighted by Crippen LogP contribution is 1.76. The molecule has 0 atom stereocenters. The van der Waals surface area contributed by atoms with Gasteiger partial charge in [0.15, 0.2) is 0 Å². The lowest BCUT2D eigenvalue weighted by atomic mass is 10.4. The summed E-state index contributed by atoms with van der Waals surface area (Å²) >= 11 is 0. The van der Waals surface area contributed by atoms with Crippen LogP contribution in [0.3, 0.4) is 0 Å². The van der Waals surface area contributed by atoms with Crippen molar-refractivity contribution in [3.8, 4) is 0 Å². The van der Waals surface area contributed by atoms with Gasteiger partial charge in [-0.15, -0.1) is 0 Å². The third-order valence-corrected chi connectivity index (χ3v) is 0.404. The van der Waals surface area contributed by atoms with E-state index in [1.54, 1.807) is 0 Å². The van der Waals surface area contributed by atoms with Crippen LogP contribution in [0.1, 0.15) is 6.92 Å². The first-order valence-electron chi connectivity index (χ1n) is 1.85. The van der Waals surface area contributed by atoms with Crippen LogP contribution in [0.25, 0.3) is 0 Å². The van der Waals surface area contributed by atoms with Crippen molar-refractivity contribution in [2.45, 2.75) is 6.92 Å². The van der Waals surface area contributed by atoms with Crippen LogP contribution >= 0.6 is 0 Å². The Labute approximate surface area is 38.0 Å². The van der Waals surface area contributed by atoms with Crippen LogP contribution < -0.4 is 11.3 Å². The second-order valence-electron chi connectivity index (χ2n) is 1.34. The average Bonchev–Trinajstić information content (AvgIpc) is 1.35. The van der Waals surface area contributed by atoms with Gasteiger partial charge in [0.1, 0.15) is 0 Å². The Kier molecular flexibility index (Phi) is 2.71. The van der Waals surface area contributed by atoms with Crippen LogP contribution in [0.15, 0.2) is 12.2 Å². The summed E-state index contributed by atoms with van der Waals surface area (Å²) in [5.74, 6) is 4.92. The Bertz CT molecular complexity index is 49.5. The molecule has 0 aromatic carbocycles. The molecule has 0 bridgehead atoms. The number of nitrogens with two attached hydrogens (primary N) is 1. The summed E-state index contributed by atoms with van der Waals surface area (Å²) in [6.45, 7) is 6.23. The Balaban J connectivity index is 2.83. The highest BCUT2D eigenvalue weighted by atomic mass is 15.2. The van der Waals surface area contributed by atoms with Crippen LogP contribution in [0.2, 0.25) is 0 Å². The van der Waals surface area contributed by atoms with Crippen LogP contribution in [0.5, 0.6) is 0 Å². The molecule has 0 aromatic heterocycles. The van der Waals surface area contributed by atoms with Gasteiger partial charge in [0.25, 0.3) is 0 Å². The molecule has 0 rings (SSSR count). The van der Waals surface area contributed by atoms with Crippen molar-refractivity contribution in [2.24, 2.45) is 5.84 Å².